The molecule has 0 aliphatic heterocycles. The smallest absolute Gasteiger partial charge is 0.211 e. The van der Waals surface area contributed by atoms with Gasteiger partial charge in [-0.1, -0.05) is 0 Å². The van der Waals surface area contributed by atoms with Gasteiger partial charge in [0.15, 0.2) is 0 Å². The third-order valence-corrected chi connectivity index (χ3v) is 3.63. The van der Waals surface area contributed by atoms with Crippen LogP contribution >= 0.6 is 11.8 Å². The molecule has 0 aromatic carbocycles. The largest absolute Gasteiger partial charge is 0.330 e. The highest BCUT2D eigenvalue weighted by Crippen LogP contribution is 1.95. The van der Waals surface area contributed by atoms with Crippen LogP contribution in [0, 0.1) is 0 Å². The highest BCUT2D eigenvalue weighted by Gasteiger charge is 2.07. The van der Waals surface area contributed by atoms with Crippen LogP contribution in [0.5, 0.6) is 0 Å². The molecule has 3 N–H and O–H groups in total. The fourth-order valence-electron chi connectivity index (χ4n) is 0.790. The van der Waals surface area contributed by atoms with E-state index in [1.165, 1.54) is 0 Å². The lowest BCUT2D eigenvalue weighted by Crippen LogP contribution is -2.28. The SMILES string of the molecule is CSCCCNS(=O)(=O)CCCN. The zero-order valence-electron chi connectivity index (χ0n) is 7.95. The molecule has 80 valence electrons. The average Bonchev–Trinajstić information content (AvgIpc) is 2.09. The summed E-state index contributed by atoms with van der Waals surface area (Å²) >= 11 is 1.72. The van der Waals surface area contributed by atoms with Crippen molar-refractivity contribution in [3.63, 3.8) is 0 Å². The number of sulfonamides is 1. The van der Waals surface area contributed by atoms with Gasteiger partial charge in [-0.15, -0.1) is 0 Å². The Morgan fingerprint density at radius 3 is 2.62 bits per heavy atom. The van der Waals surface area contributed by atoms with Crippen molar-refractivity contribution in [2.75, 3.05) is 30.9 Å². The first-order valence-corrected chi connectivity index (χ1v) is 7.33. The highest BCUT2D eigenvalue weighted by molar-refractivity contribution is 7.98. The van der Waals surface area contributed by atoms with E-state index in [1.54, 1.807) is 11.8 Å². The van der Waals surface area contributed by atoms with Gasteiger partial charge in [0, 0.05) is 6.54 Å². The Morgan fingerprint density at radius 2 is 2.08 bits per heavy atom. The quantitative estimate of drug-likeness (QED) is 0.572. The Hall–Kier alpha value is 0.220. The first-order chi connectivity index (χ1) is 6.12. The van der Waals surface area contributed by atoms with Gasteiger partial charge in [-0.3, -0.25) is 0 Å². The number of thioether (sulfide) groups is 1. The molecule has 4 nitrogen and oxygen atoms in total. The minimum atomic E-state index is -3.06. The summed E-state index contributed by atoms with van der Waals surface area (Å²) in [5, 5.41) is 0. The van der Waals surface area contributed by atoms with Gasteiger partial charge in [0.1, 0.15) is 0 Å². The molecule has 0 fully saturated rings. The molecule has 0 amide bonds. The third kappa shape index (κ3) is 8.55. The molecule has 0 atom stereocenters. The summed E-state index contributed by atoms with van der Waals surface area (Å²) in [6, 6.07) is 0. The molecule has 0 aromatic heterocycles. The van der Waals surface area contributed by atoms with E-state index in [0.717, 1.165) is 12.2 Å². The average molecular weight is 226 g/mol. The van der Waals surface area contributed by atoms with E-state index >= 15 is 0 Å². The van der Waals surface area contributed by atoms with Crippen molar-refractivity contribution in [1.82, 2.24) is 4.72 Å². The van der Waals surface area contributed by atoms with Crippen molar-refractivity contribution in [2.45, 2.75) is 12.8 Å². The monoisotopic (exact) mass is 226 g/mol. The predicted octanol–water partition coefficient (Wildman–Crippen LogP) is 0.00770. The molecule has 13 heavy (non-hydrogen) atoms. The van der Waals surface area contributed by atoms with Gasteiger partial charge in [0.2, 0.25) is 10.0 Å². The molecule has 0 radical (unpaired) electrons. The molecule has 0 aromatic rings. The van der Waals surface area contributed by atoms with Crippen LogP contribution in [-0.2, 0) is 10.0 Å². The van der Waals surface area contributed by atoms with Crippen molar-refractivity contribution in [2.24, 2.45) is 5.73 Å². The number of nitrogens with one attached hydrogen (secondary N) is 1. The number of hydrogen-bond donors (Lipinski definition) is 2. The van der Waals surface area contributed by atoms with Gasteiger partial charge in [0.05, 0.1) is 5.75 Å². The van der Waals surface area contributed by atoms with Crippen LogP contribution in [0.2, 0.25) is 0 Å². The predicted molar refractivity (Wildman–Crippen MR) is 58.5 cm³/mol. The van der Waals surface area contributed by atoms with Gasteiger partial charge in [0.25, 0.3) is 0 Å². The van der Waals surface area contributed by atoms with E-state index in [9.17, 15) is 8.42 Å². The Kier molecular flexibility index (Phi) is 7.74. The van der Waals surface area contributed by atoms with Crippen LogP contribution in [0.25, 0.3) is 0 Å². The Balaban J connectivity index is 3.52. The Bertz CT molecular complexity index is 205. The van der Waals surface area contributed by atoms with Crippen LogP contribution in [0.3, 0.4) is 0 Å². The van der Waals surface area contributed by atoms with E-state index < -0.39 is 10.0 Å². The maximum atomic E-state index is 11.2. The molecule has 0 rings (SSSR count). The van der Waals surface area contributed by atoms with E-state index in [1.807, 2.05) is 6.26 Å². The van der Waals surface area contributed by atoms with Crippen LogP contribution in [0.1, 0.15) is 12.8 Å². The fourth-order valence-corrected chi connectivity index (χ4v) is 2.37. The van der Waals surface area contributed by atoms with Crippen molar-refractivity contribution in [3.05, 3.63) is 0 Å². The van der Waals surface area contributed by atoms with Crippen molar-refractivity contribution < 1.29 is 8.42 Å². The van der Waals surface area contributed by atoms with Crippen molar-refractivity contribution in [3.8, 4) is 0 Å². The van der Waals surface area contributed by atoms with Gasteiger partial charge < -0.3 is 5.73 Å². The summed E-state index contributed by atoms with van der Waals surface area (Å²) in [6.45, 7) is 0.958. The molecular weight excluding hydrogens is 208 g/mol. The molecule has 0 spiro atoms. The van der Waals surface area contributed by atoms with E-state index in [-0.39, 0.29) is 5.75 Å². The van der Waals surface area contributed by atoms with Gasteiger partial charge in [-0.2, -0.15) is 11.8 Å². The molecule has 0 heterocycles. The number of nitrogens with two attached hydrogens (primary N) is 1. The molecule has 0 unspecified atom stereocenters. The molecule has 6 heteroatoms. The van der Waals surface area contributed by atoms with Crippen LogP contribution in [0.15, 0.2) is 0 Å². The summed E-state index contributed by atoms with van der Waals surface area (Å²) in [5.41, 5.74) is 5.22. The van der Waals surface area contributed by atoms with Crippen LogP contribution in [0.4, 0.5) is 0 Å². The Morgan fingerprint density at radius 1 is 1.38 bits per heavy atom. The Labute approximate surface area is 84.7 Å². The standard InChI is InChI=1S/C7H18N2O2S2/c1-12-6-3-5-9-13(10,11)7-2-4-8/h9H,2-8H2,1H3. The normalized spacial score (nSPS) is 11.8. The zero-order valence-corrected chi connectivity index (χ0v) is 9.59. The lowest BCUT2D eigenvalue weighted by atomic mass is 10.5. The third-order valence-electron chi connectivity index (χ3n) is 1.46. The fraction of sp³-hybridized carbons (Fsp3) is 1.00. The van der Waals surface area contributed by atoms with E-state index in [4.69, 9.17) is 5.73 Å². The summed E-state index contributed by atoms with van der Waals surface area (Å²) in [6.07, 6.45) is 3.41. The maximum absolute atomic E-state index is 11.2. The summed E-state index contributed by atoms with van der Waals surface area (Å²) in [5.74, 6) is 1.13. The maximum Gasteiger partial charge on any atom is 0.211 e. The molecule has 0 saturated carbocycles. The molecule has 0 saturated heterocycles. The topological polar surface area (TPSA) is 72.2 Å². The minimum Gasteiger partial charge on any atom is -0.330 e. The van der Waals surface area contributed by atoms with Gasteiger partial charge in [-0.05, 0) is 31.4 Å². The second-order valence-corrected chi connectivity index (χ2v) is 5.61. The summed E-state index contributed by atoms with van der Waals surface area (Å²) in [7, 11) is -3.06. The number of rotatable bonds is 8. The molecule has 0 aliphatic carbocycles. The van der Waals surface area contributed by atoms with Crippen molar-refractivity contribution in [1.29, 1.82) is 0 Å². The van der Waals surface area contributed by atoms with E-state index in [2.05, 4.69) is 4.72 Å². The second kappa shape index (κ2) is 7.61. The van der Waals surface area contributed by atoms with Gasteiger partial charge >= 0.3 is 0 Å². The van der Waals surface area contributed by atoms with Crippen molar-refractivity contribution >= 4 is 21.8 Å². The van der Waals surface area contributed by atoms with Crippen LogP contribution in [-0.4, -0.2) is 39.3 Å². The number of hydrogen-bond acceptors (Lipinski definition) is 4. The molecule has 0 bridgehead atoms. The lowest BCUT2D eigenvalue weighted by Gasteiger charge is -2.04. The highest BCUT2D eigenvalue weighted by atomic mass is 32.2. The second-order valence-electron chi connectivity index (χ2n) is 2.70. The summed E-state index contributed by atoms with van der Waals surface area (Å²) in [4.78, 5) is 0. The zero-order chi connectivity index (χ0) is 10.2. The molecular formula is C7H18N2O2S2. The summed E-state index contributed by atoms with van der Waals surface area (Å²) < 4.78 is 24.9. The first-order valence-electron chi connectivity index (χ1n) is 4.28. The van der Waals surface area contributed by atoms with Crippen LogP contribution < -0.4 is 10.5 Å². The molecule has 0 aliphatic rings. The first kappa shape index (κ1) is 13.2. The minimum absolute atomic E-state index is 0.142. The lowest BCUT2D eigenvalue weighted by molar-refractivity contribution is 0.578. The van der Waals surface area contributed by atoms with E-state index in [0.29, 0.717) is 19.5 Å². The van der Waals surface area contributed by atoms with Gasteiger partial charge in [-0.25, -0.2) is 13.1 Å².